The van der Waals surface area contributed by atoms with Crippen LogP contribution in [0.1, 0.15) is 27.5 Å². The molecule has 2 amide bonds. The minimum Gasteiger partial charge on any atom is -0.368 e. The Kier molecular flexibility index (Phi) is 6.21. The number of rotatable bonds is 7. The van der Waals surface area contributed by atoms with Crippen LogP contribution in [0.15, 0.2) is 60.7 Å². The van der Waals surface area contributed by atoms with Gasteiger partial charge in [0.05, 0.1) is 9.88 Å². The molecule has 0 aliphatic rings. The number of hydrogen-bond donors (Lipinski definition) is 1. The van der Waals surface area contributed by atoms with Crippen LogP contribution < -0.4 is 5.73 Å². The van der Waals surface area contributed by atoms with Crippen molar-refractivity contribution in [1.82, 2.24) is 9.88 Å². The van der Waals surface area contributed by atoms with Gasteiger partial charge in [0.15, 0.2) is 0 Å². The number of benzene rings is 2. The Morgan fingerprint density at radius 2 is 1.68 bits per heavy atom. The minimum atomic E-state index is -0.696. The fourth-order valence-corrected chi connectivity index (χ4v) is 4.06. The number of carbonyl (C=O) groups excluding carboxylic acids is 2. The molecule has 0 saturated heterocycles. The molecule has 2 N–H and O–H groups in total. The predicted octanol–water partition coefficient (Wildman–Crippen LogP) is 3.68. The van der Waals surface area contributed by atoms with E-state index in [0.29, 0.717) is 18.5 Å². The first-order chi connectivity index (χ1) is 13.5. The first-order valence-corrected chi connectivity index (χ1v) is 9.92. The third-order valence-electron chi connectivity index (χ3n) is 4.64. The van der Waals surface area contributed by atoms with E-state index in [1.54, 1.807) is 7.05 Å². The molecule has 0 fully saturated rings. The molecule has 0 radical (unpaired) electrons. The maximum Gasteiger partial charge on any atom is 0.274 e. The number of nitrogens with zero attached hydrogens (tertiary/aromatic N) is 2. The lowest BCUT2D eigenvalue weighted by Crippen LogP contribution is -2.46. The third-order valence-corrected chi connectivity index (χ3v) is 5.66. The Morgan fingerprint density at radius 1 is 1.07 bits per heavy atom. The molecule has 0 unspecified atom stereocenters. The number of carbonyl (C=O) groups is 2. The van der Waals surface area contributed by atoms with Crippen LogP contribution in [-0.4, -0.2) is 34.8 Å². The molecule has 1 aromatic heterocycles. The highest BCUT2D eigenvalue weighted by molar-refractivity contribution is 7.15. The Morgan fingerprint density at radius 3 is 2.29 bits per heavy atom. The van der Waals surface area contributed by atoms with Crippen molar-refractivity contribution in [2.24, 2.45) is 5.73 Å². The van der Waals surface area contributed by atoms with Gasteiger partial charge >= 0.3 is 0 Å². The van der Waals surface area contributed by atoms with Gasteiger partial charge in [-0.05, 0) is 30.9 Å². The Hall–Kier alpha value is -2.99. The van der Waals surface area contributed by atoms with Crippen molar-refractivity contribution >= 4 is 23.2 Å². The molecule has 1 atom stereocenters. The molecule has 2 aromatic carbocycles. The van der Waals surface area contributed by atoms with Crippen LogP contribution in [0.2, 0.25) is 0 Å². The van der Waals surface area contributed by atoms with Gasteiger partial charge in [-0.25, -0.2) is 4.98 Å². The van der Waals surface area contributed by atoms with Crippen LogP contribution in [0.3, 0.4) is 0 Å². The average Bonchev–Trinajstić information content (AvgIpc) is 3.10. The van der Waals surface area contributed by atoms with Crippen molar-refractivity contribution in [3.63, 3.8) is 0 Å². The summed E-state index contributed by atoms with van der Waals surface area (Å²) < 4.78 is 0. The zero-order valence-corrected chi connectivity index (χ0v) is 16.8. The summed E-state index contributed by atoms with van der Waals surface area (Å²) in [5.74, 6) is -0.806. The lowest BCUT2D eigenvalue weighted by atomic mass is 10.0. The van der Waals surface area contributed by atoms with Crippen LogP contribution in [-0.2, 0) is 11.2 Å². The van der Waals surface area contributed by atoms with E-state index in [0.717, 1.165) is 21.0 Å². The Bertz CT molecular complexity index is 954. The van der Waals surface area contributed by atoms with Gasteiger partial charge in [-0.2, -0.15) is 0 Å². The van der Waals surface area contributed by atoms with Crippen molar-refractivity contribution in [3.8, 4) is 10.4 Å². The second kappa shape index (κ2) is 8.80. The summed E-state index contributed by atoms with van der Waals surface area (Å²) in [4.78, 5) is 31.9. The van der Waals surface area contributed by atoms with Crippen LogP contribution in [0.5, 0.6) is 0 Å². The molecule has 0 bridgehead atoms. The van der Waals surface area contributed by atoms with Gasteiger partial charge < -0.3 is 10.6 Å². The van der Waals surface area contributed by atoms with Crippen LogP contribution in [0.4, 0.5) is 0 Å². The molecule has 3 rings (SSSR count). The van der Waals surface area contributed by atoms with E-state index in [1.165, 1.54) is 16.2 Å². The topological polar surface area (TPSA) is 76.3 Å². The van der Waals surface area contributed by atoms with Gasteiger partial charge in [0.1, 0.15) is 11.7 Å². The second-order valence-electron chi connectivity index (χ2n) is 6.64. The van der Waals surface area contributed by atoms with Crippen molar-refractivity contribution in [3.05, 3.63) is 76.9 Å². The summed E-state index contributed by atoms with van der Waals surface area (Å²) in [6.45, 7) is 1.87. The average molecular weight is 394 g/mol. The number of aryl methyl sites for hydroxylation is 2. The van der Waals surface area contributed by atoms with Crippen molar-refractivity contribution < 1.29 is 9.59 Å². The molecular weight excluding hydrogens is 370 g/mol. The first kappa shape index (κ1) is 19.8. The second-order valence-corrected chi connectivity index (χ2v) is 7.84. The van der Waals surface area contributed by atoms with E-state index in [1.807, 2.05) is 67.6 Å². The fourth-order valence-electron chi connectivity index (χ4n) is 3.14. The smallest absolute Gasteiger partial charge is 0.274 e. The lowest BCUT2D eigenvalue weighted by molar-refractivity contribution is -0.122. The van der Waals surface area contributed by atoms with Crippen LogP contribution >= 0.6 is 11.3 Å². The van der Waals surface area contributed by atoms with E-state index < -0.39 is 11.9 Å². The van der Waals surface area contributed by atoms with Crippen molar-refractivity contribution in [2.45, 2.75) is 25.8 Å². The molecule has 0 spiro atoms. The molecule has 0 aliphatic heterocycles. The maximum absolute atomic E-state index is 13.2. The molecule has 144 valence electrons. The lowest BCUT2D eigenvalue weighted by Gasteiger charge is -2.25. The van der Waals surface area contributed by atoms with Gasteiger partial charge in [0.2, 0.25) is 5.91 Å². The quantitative estimate of drug-likeness (QED) is 0.665. The number of aromatic nitrogens is 1. The summed E-state index contributed by atoms with van der Waals surface area (Å²) >= 11 is 1.47. The SMILES string of the molecule is Cc1nc(C(=O)N(C)[C@@H](CCc2ccccc2)C(N)=O)c(-c2ccccc2)s1. The maximum atomic E-state index is 13.2. The van der Waals surface area contributed by atoms with E-state index >= 15 is 0 Å². The van der Waals surface area contributed by atoms with Gasteiger partial charge in [-0.15, -0.1) is 11.3 Å². The van der Waals surface area contributed by atoms with E-state index in [2.05, 4.69) is 4.98 Å². The largest absolute Gasteiger partial charge is 0.368 e. The number of hydrogen-bond acceptors (Lipinski definition) is 4. The monoisotopic (exact) mass is 393 g/mol. The molecular formula is C22H23N3O2S. The summed E-state index contributed by atoms with van der Waals surface area (Å²) in [6, 6.07) is 18.8. The fraction of sp³-hybridized carbons (Fsp3) is 0.227. The number of nitrogens with two attached hydrogens (primary N) is 1. The summed E-state index contributed by atoms with van der Waals surface area (Å²) in [7, 11) is 1.62. The molecule has 5 nitrogen and oxygen atoms in total. The van der Waals surface area contributed by atoms with Gasteiger partial charge in [0, 0.05) is 7.05 Å². The van der Waals surface area contributed by atoms with Crippen LogP contribution in [0.25, 0.3) is 10.4 Å². The van der Waals surface area contributed by atoms with Gasteiger partial charge in [-0.3, -0.25) is 9.59 Å². The van der Waals surface area contributed by atoms with Crippen molar-refractivity contribution in [2.75, 3.05) is 7.05 Å². The number of likely N-dealkylation sites (N-methyl/N-ethyl adjacent to an activating group) is 1. The zero-order valence-electron chi connectivity index (χ0n) is 16.0. The van der Waals surface area contributed by atoms with Gasteiger partial charge in [0.25, 0.3) is 5.91 Å². The summed E-state index contributed by atoms with van der Waals surface area (Å²) in [6.07, 6.45) is 1.12. The molecule has 3 aromatic rings. The first-order valence-electron chi connectivity index (χ1n) is 9.10. The van der Waals surface area contributed by atoms with E-state index in [9.17, 15) is 9.59 Å². The predicted molar refractivity (Wildman–Crippen MR) is 112 cm³/mol. The molecule has 0 saturated carbocycles. The molecule has 6 heteroatoms. The van der Waals surface area contributed by atoms with E-state index in [4.69, 9.17) is 5.73 Å². The van der Waals surface area contributed by atoms with E-state index in [-0.39, 0.29) is 5.91 Å². The molecule has 0 aliphatic carbocycles. The minimum absolute atomic E-state index is 0.292. The van der Waals surface area contributed by atoms with Gasteiger partial charge in [-0.1, -0.05) is 60.7 Å². The summed E-state index contributed by atoms with van der Waals surface area (Å²) in [5, 5.41) is 0.801. The normalized spacial score (nSPS) is 11.8. The van der Waals surface area contributed by atoms with Crippen molar-refractivity contribution in [1.29, 1.82) is 0 Å². The third kappa shape index (κ3) is 4.46. The Balaban J connectivity index is 1.83. The summed E-state index contributed by atoms with van der Waals surface area (Å²) in [5.41, 5.74) is 8.02. The highest BCUT2D eigenvalue weighted by Crippen LogP contribution is 2.31. The standard InChI is InChI=1S/C22H23N3O2S/c1-15-24-19(20(28-15)17-11-7-4-8-12-17)22(27)25(2)18(21(23)26)14-13-16-9-5-3-6-10-16/h3-12,18H,13-14H2,1-2H3,(H2,23,26)/t18-/m0/s1. The molecule has 1 heterocycles. The molecule has 28 heavy (non-hydrogen) atoms. The number of amides is 2. The number of primary amides is 1. The Labute approximate surface area is 168 Å². The zero-order chi connectivity index (χ0) is 20.1. The number of thiazole rings is 1. The highest BCUT2D eigenvalue weighted by atomic mass is 32.1. The van der Waals surface area contributed by atoms with Crippen LogP contribution in [0, 0.1) is 6.92 Å². The highest BCUT2D eigenvalue weighted by Gasteiger charge is 2.29.